The minimum atomic E-state index is -0.251. The predicted molar refractivity (Wildman–Crippen MR) is 132 cm³/mol. The van der Waals surface area contributed by atoms with E-state index in [0.717, 1.165) is 51.1 Å². The predicted octanol–water partition coefficient (Wildman–Crippen LogP) is 3.25. The first-order valence-corrected chi connectivity index (χ1v) is 12.5. The molecule has 33 heavy (non-hydrogen) atoms. The molecule has 1 aromatic carbocycles. The van der Waals surface area contributed by atoms with E-state index in [4.69, 9.17) is 25.8 Å². The van der Waals surface area contributed by atoms with Gasteiger partial charge in [-0.3, -0.25) is 4.79 Å². The molecule has 1 saturated heterocycles. The number of nitrogens with zero attached hydrogens (tertiary/aromatic N) is 4. The van der Waals surface area contributed by atoms with Crippen LogP contribution in [0.25, 0.3) is 5.69 Å². The summed E-state index contributed by atoms with van der Waals surface area (Å²) in [7, 11) is 3.42. The number of rotatable bonds is 10. The summed E-state index contributed by atoms with van der Waals surface area (Å²) >= 11 is 7.92. The normalized spacial score (nSPS) is 17.4. The molecule has 1 aromatic heterocycles. The molecular weight excluding hydrogens is 464 g/mol. The summed E-state index contributed by atoms with van der Waals surface area (Å²) in [5.74, 6) is 0.382. The monoisotopic (exact) mass is 494 g/mol. The van der Waals surface area contributed by atoms with Gasteiger partial charge in [-0.1, -0.05) is 29.6 Å². The van der Waals surface area contributed by atoms with Gasteiger partial charge in [0.2, 0.25) is 5.75 Å². The lowest BCUT2D eigenvalue weighted by molar-refractivity contribution is 0.118. The Kier molecular flexibility index (Phi) is 8.54. The van der Waals surface area contributed by atoms with Crippen LogP contribution in [0.4, 0.5) is 5.69 Å². The number of ether oxygens (including phenoxy) is 3. The lowest BCUT2D eigenvalue weighted by Gasteiger charge is -2.37. The molecule has 0 bridgehead atoms. The second-order valence-electron chi connectivity index (χ2n) is 8.28. The van der Waals surface area contributed by atoms with Crippen LogP contribution in [0.15, 0.2) is 35.3 Å². The van der Waals surface area contributed by atoms with Crippen molar-refractivity contribution in [2.24, 2.45) is 0 Å². The van der Waals surface area contributed by atoms with E-state index in [1.165, 1.54) is 4.68 Å². The van der Waals surface area contributed by atoms with Gasteiger partial charge in [0.05, 0.1) is 36.5 Å². The Hall–Kier alpha value is -1.78. The molecule has 2 fully saturated rings. The third kappa shape index (κ3) is 6.02. The molecule has 2 aromatic rings. The van der Waals surface area contributed by atoms with Gasteiger partial charge in [0, 0.05) is 45.4 Å². The summed E-state index contributed by atoms with van der Waals surface area (Å²) in [6.45, 7) is 4.56. The summed E-state index contributed by atoms with van der Waals surface area (Å²) in [5.41, 5.74) is 1.14. The first-order chi connectivity index (χ1) is 16.1. The molecule has 8 nitrogen and oxygen atoms in total. The number of anilines is 1. The topological polar surface area (TPSA) is 69.1 Å². The van der Waals surface area contributed by atoms with Crippen molar-refractivity contribution in [1.29, 1.82) is 0 Å². The fraction of sp³-hybridized carbons (Fsp3) is 0.565. The third-order valence-corrected chi connectivity index (χ3v) is 7.36. The van der Waals surface area contributed by atoms with E-state index in [9.17, 15) is 4.79 Å². The van der Waals surface area contributed by atoms with Crippen LogP contribution in [0, 0.1) is 0 Å². The highest BCUT2D eigenvalue weighted by Crippen LogP contribution is 2.32. The van der Waals surface area contributed by atoms with Gasteiger partial charge >= 0.3 is 5.56 Å². The Labute approximate surface area is 203 Å². The van der Waals surface area contributed by atoms with Crippen LogP contribution in [0.1, 0.15) is 19.3 Å². The molecule has 2 heterocycles. The van der Waals surface area contributed by atoms with Crippen molar-refractivity contribution in [3.05, 3.63) is 45.8 Å². The number of hydrogen-bond acceptors (Lipinski definition) is 8. The van der Waals surface area contributed by atoms with Crippen LogP contribution in [-0.2, 0) is 9.47 Å². The number of halogens is 1. The zero-order chi connectivity index (χ0) is 23.2. The average molecular weight is 495 g/mol. The fourth-order valence-electron chi connectivity index (χ4n) is 3.94. The van der Waals surface area contributed by atoms with Gasteiger partial charge in [-0.25, -0.2) is 4.31 Å². The molecule has 0 spiro atoms. The number of hydrogen-bond donors (Lipinski definition) is 0. The van der Waals surface area contributed by atoms with E-state index in [0.29, 0.717) is 29.7 Å². The Morgan fingerprint density at radius 3 is 2.48 bits per heavy atom. The number of piperazine rings is 1. The van der Waals surface area contributed by atoms with Crippen molar-refractivity contribution in [2.45, 2.75) is 30.6 Å². The summed E-state index contributed by atoms with van der Waals surface area (Å²) in [6, 6.07) is 7.13. The van der Waals surface area contributed by atoms with Gasteiger partial charge in [0.15, 0.2) is 0 Å². The molecule has 10 heteroatoms. The minimum absolute atomic E-state index is 0.0901. The SMILES string of the molecule is COCC(COC)SN1CCN(c2cnn(-c3cccc(Cl)c3)c(=O)c2OC2CCC2)CC1. The van der Waals surface area contributed by atoms with E-state index in [1.807, 2.05) is 12.1 Å². The highest BCUT2D eigenvalue weighted by Gasteiger charge is 2.28. The number of aromatic nitrogens is 2. The van der Waals surface area contributed by atoms with Gasteiger partial charge in [-0.2, -0.15) is 9.78 Å². The summed E-state index contributed by atoms with van der Waals surface area (Å²) < 4.78 is 20.6. The Bertz CT molecular complexity index is 973. The van der Waals surface area contributed by atoms with Crippen molar-refractivity contribution < 1.29 is 14.2 Å². The Morgan fingerprint density at radius 2 is 1.88 bits per heavy atom. The smallest absolute Gasteiger partial charge is 0.316 e. The summed E-state index contributed by atoms with van der Waals surface area (Å²) in [4.78, 5) is 15.6. The van der Waals surface area contributed by atoms with Crippen LogP contribution >= 0.6 is 23.5 Å². The molecule has 1 aliphatic heterocycles. The molecule has 1 aliphatic carbocycles. The van der Waals surface area contributed by atoms with Crippen LogP contribution < -0.4 is 15.2 Å². The zero-order valence-corrected chi connectivity index (χ0v) is 20.7. The van der Waals surface area contributed by atoms with Crippen LogP contribution in [-0.4, -0.2) is 79.1 Å². The van der Waals surface area contributed by atoms with Crippen molar-refractivity contribution in [3.63, 3.8) is 0 Å². The molecule has 1 saturated carbocycles. The maximum atomic E-state index is 13.4. The largest absolute Gasteiger partial charge is 0.483 e. The molecule has 0 atom stereocenters. The van der Waals surface area contributed by atoms with E-state index in [2.05, 4.69) is 14.3 Å². The zero-order valence-electron chi connectivity index (χ0n) is 19.1. The van der Waals surface area contributed by atoms with Gasteiger partial charge in [-0.05, 0) is 37.5 Å². The lowest BCUT2D eigenvalue weighted by atomic mass is 9.96. The van der Waals surface area contributed by atoms with Crippen LogP contribution in [0.3, 0.4) is 0 Å². The third-order valence-electron chi connectivity index (χ3n) is 5.89. The van der Waals surface area contributed by atoms with Gasteiger partial charge < -0.3 is 19.1 Å². The van der Waals surface area contributed by atoms with Crippen molar-refractivity contribution >= 4 is 29.2 Å². The fourth-order valence-corrected chi connectivity index (χ4v) is 5.31. The quantitative estimate of drug-likeness (QED) is 0.466. The molecule has 180 valence electrons. The first-order valence-electron chi connectivity index (χ1n) is 11.3. The van der Waals surface area contributed by atoms with E-state index >= 15 is 0 Å². The highest BCUT2D eigenvalue weighted by molar-refractivity contribution is 7.97. The second-order valence-corrected chi connectivity index (χ2v) is 10.1. The summed E-state index contributed by atoms with van der Waals surface area (Å²) in [5, 5.41) is 5.28. The lowest BCUT2D eigenvalue weighted by Crippen LogP contribution is -2.45. The number of benzene rings is 1. The molecular formula is C23H31ClN4O4S. The van der Waals surface area contributed by atoms with Gasteiger partial charge in [0.1, 0.15) is 5.69 Å². The average Bonchev–Trinajstić information content (AvgIpc) is 2.78. The summed E-state index contributed by atoms with van der Waals surface area (Å²) in [6.07, 6.45) is 4.92. The minimum Gasteiger partial charge on any atom is -0.483 e. The van der Waals surface area contributed by atoms with Crippen molar-refractivity contribution in [1.82, 2.24) is 14.1 Å². The maximum Gasteiger partial charge on any atom is 0.316 e. The van der Waals surface area contributed by atoms with E-state index < -0.39 is 0 Å². The van der Waals surface area contributed by atoms with Crippen molar-refractivity contribution in [3.8, 4) is 11.4 Å². The maximum absolute atomic E-state index is 13.4. The van der Waals surface area contributed by atoms with Gasteiger partial charge in [-0.15, -0.1) is 0 Å². The Morgan fingerprint density at radius 1 is 1.15 bits per heavy atom. The van der Waals surface area contributed by atoms with Crippen LogP contribution in [0.2, 0.25) is 5.02 Å². The van der Waals surface area contributed by atoms with Crippen molar-refractivity contribution in [2.75, 3.05) is 58.5 Å². The standard InChI is InChI=1S/C23H31ClN4O4S/c1-30-15-20(16-31-2)33-27-11-9-26(10-12-27)21-14-25-28(18-6-3-5-17(24)13-18)23(29)22(21)32-19-7-4-8-19/h3,5-6,13-14,19-20H,4,7-12,15-16H2,1-2H3. The van der Waals surface area contributed by atoms with Gasteiger partial charge in [0.25, 0.3) is 0 Å². The van der Waals surface area contributed by atoms with E-state index in [1.54, 1.807) is 44.5 Å². The molecule has 2 aliphatic rings. The molecule has 0 N–H and O–H groups in total. The molecule has 0 unspecified atom stereocenters. The molecule has 4 rings (SSSR count). The highest BCUT2D eigenvalue weighted by atomic mass is 35.5. The first kappa shape index (κ1) is 24.3. The van der Waals surface area contributed by atoms with E-state index in [-0.39, 0.29) is 16.9 Å². The molecule has 0 radical (unpaired) electrons. The molecule has 0 amide bonds. The Balaban J connectivity index is 1.52. The second kappa shape index (κ2) is 11.6. The van der Waals surface area contributed by atoms with Crippen LogP contribution in [0.5, 0.6) is 5.75 Å². The number of methoxy groups -OCH3 is 2.